The van der Waals surface area contributed by atoms with Gasteiger partial charge >= 0.3 is 0 Å². The summed E-state index contributed by atoms with van der Waals surface area (Å²) < 4.78 is 5.77. The zero-order valence-corrected chi connectivity index (χ0v) is 16.6. The summed E-state index contributed by atoms with van der Waals surface area (Å²) in [6, 6.07) is 16.0. The van der Waals surface area contributed by atoms with Gasteiger partial charge in [0.25, 0.3) is 0 Å². The Labute approximate surface area is 163 Å². The van der Waals surface area contributed by atoms with Crippen molar-refractivity contribution in [1.29, 1.82) is 0 Å². The van der Waals surface area contributed by atoms with Crippen LogP contribution in [0.1, 0.15) is 40.6 Å². The van der Waals surface area contributed by atoms with Gasteiger partial charge in [-0.15, -0.1) is 10.2 Å². The van der Waals surface area contributed by atoms with Gasteiger partial charge in [0.05, 0.1) is 5.71 Å². The topological polar surface area (TPSA) is 56.6 Å². The molecule has 0 aliphatic heterocycles. The quantitative estimate of drug-likeness (QED) is 0.410. The van der Waals surface area contributed by atoms with Crippen LogP contribution in [0.2, 0.25) is 0 Å². The van der Waals surface area contributed by atoms with E-state index in [9.17, 15) is 0 Å². The molecule has 5 nitrogen and oxygen atoms in total. The molecule has 0 radical (unpaired) electrons. The van der Waals surface area contributed by atoms with Gasteiger partial charge in [0, 0.05) is 0 Å². The Morgan fingerprint density at radius 2 is 1.67 bits per heavy atom. The number of benzene rings is 2. The Morgan fingerprint density at radius 1 is 0.963 bits per heavy atom. The lowest BCUT2D eigenvalue weighted by Gasteiger charge is -2.06. The van der Waals surface area contributed by atoms with Crippen LogP contribution in [0.3, 0.4) is 0 Å². The fourth-order valence-corrected chi connectivity index (χ4v) is 3.07. The van der Waals surface area contributed by atoms with Gasteiger partial charge in [0.1, 0.15) is 24.0 Å². The van der Waals surface area contributed by atoms with Crippen LogP contribution in [0.15, 0.2) is 53.7 Å². The highest BCUT2D eigenvalue weighted by atomic mass is 32.1. The Kier molecular flexibility index (Phi) is 6.54. The number of ether oxygens (including phenoxy) is 1. The van der Waals surface area contributed by atoms with Crippen molar-refractivity contribution in [1.82, 2.24) is 10.2 Å². The number of oxime groups is 1. The summed E-state index contributed by atoms with van der Waals surface area (Å²) in [7, 11) is 0. The van der Waals surface area contributed by atoms with E-state index < -0.39 is 0 Å². The average Bonchev–Trinajstić information content (AvgIpc) is 3.16. The van der Waals surface area contributed by atoms with Crippen molar-refractivity contribution in [3.8, 4) is 5.75 Å². The molecule has 0 unspecified atom stereocenters. The maximum Gasteiger partial charge on any atom is 0.155 e. The smallest absolute Gasteiger partial charge is 0.155 e. The van der Waals surface area contributed by atoms with Crippen LogP contribution in [0.5, 0.6) is 5.75 Å². The molecule has 6 heteroatoms. The second-order valence-corrected chi connectivity index (χ2v) is 7.34. The maximum atomic E-state index is 5.77. The maximum absolute atomic E-state index is 5.77. The molecule has 0 spiro atoms. The van der Waals surface area contributed by atoms with E-state index in [1.54, 1.807) is 11.3 Å². The van der Waals surface area contributed by atoms with Gasteiger partial charge in [0.15, 0.2) is 5.01 Å². The summed E-state index contributed by atoms with van der Waals surface area (Å²) in [5.74, 6) is 0.792. The first-order chi connectivity index (χ1) is 13.1. The van der Waals surface area contributed by atoms with Crippen LogP contribution in [0, 0.1) is 6.92 Å². The highest BCUT2D eigenvalue weighted by molar-refractivity contribution is 7.11. The standard InChI is InChI=1S/C21H23N3O2S/c1-4-20-22-23-21(27-20)14-25-19-11-9-18(10-12-19)16(3)24-26-13-17-7-5-15(2)6-8-17/h5-12H,4,13-14H2,1-3H3/b24-16+. The minimum absolute atomic E-state index is 0.434. The van der Waals surface area contributed by atoms with Crippen molar-refractivity contribution in [2.24, 2.45) is 5.16 Å². The number of hydrogen-bond donors (Lipinski definition) is 0. The Morgan fingerprint density at radius 3 is 2.33 bits per heavy atom. The molecule has 0 saturated carbocycles. The fraction of sp³-hybridized carbons (Fsp3) is 0.286. The Bertz CT molecular complexity index is 887. The van der Waals surface area contributed by atoms with Gasteiger partial charge in [0.2, 0.25) is 0 Å². The zero-order chi connectivity index (χ0) is 19.1. The van der Waals surface area contributed by atoms with E-state index in [0.717, 1.165) is 39.0 Å². The molecule has 0 amide bonds. The third-order valence-electron chi connectivity index (χ3n) is 4.00. The molecule has 1 heterocycles. The van der Waals surface area contributed by atoms with Crippen molar-refractivity contribution >= 4 is 17.0 Å². The van der Waals surface area contributed by atoms with E-state index in [1.165, 1.54) is 5.56 Å². The molecule has 0 saturated heterocycles. The van der Waals surface area contributed by atoms with Crippen LogP contribution in [-0.4, -0.2) is 15.9 Å². The lowest BCUT2D eigenvalue weighted by Crippen LogP contribution is -1.98. The number of nitrogens with zero attached hydrogens (tertiary/aromatic N) is 3. The molecule has 0 bridgehead atoms. The highest BCUT2D eigenvalue weighted by Gasteiger charge is 2.04. The highest BCUT2D eigenvalue weighted by Crippen LogP contribution is 2.17. The van der Waals surface area contributed by atoms with Crippen LogP contribution in [0.4, 0.5) is 0 Å². The predicted molar refractivity (Wildman–Crippen MR) is 108 cm³/mol. The monoisotopic (exact) mass is 381 g/mol. The van der Waals surface area contributed by atoms with Gasteiger partial charge in [-0.25, -0.2) is 0 Å². The minimum Gasteiger partial charge on any atom is -0.486 e. The van der Waals surface area contributed by atoms with Gasteiger partial charge < -0.3 is 9.57 Å². The molecular weight excluding hydrogens is 358 g/mol. The molecule has 2 aromatic carbocycles. The molecule has 3 aromatic rings. The molecule has 27 heavy (non-hydrogen) atoms. The van der Waals surface area contributed by atoms with Gasteiger partial charge in [-0.1, -0.05) is 53.2 Å². The van der Waals surface area contributed by atoms with Crippen molar-refractivity contribution in [3.05, 3.63) is 75.2 Å². The summed E-state index contributed by atoms with van der Waals surface area (Å²) in [5, 5.41) is 14.3. The lowest BCUT2D eigenvalue weighted by molar-refractivity contribution is 0.130. The summed E-state index contributed by atoms with van der Waals surface area (Å²) in [6.45, 7) is 6.96. The first kappa shape index (κ1) is 19.0. The second kappa shape index (κ2) is 9.28. The summed E-state index contributed by atoms with van der Waals surface area (Å²) >= 11 is 1.59. The third-order valence-corrected chi connectivity index (χ3v) is 5.04. The number of aromatic nitrogens is 2. The summed E-state index contributed by atoms with van der Waals surface area (Å²) in [5.41, 5.74) is 4.15. The first-order valence-electron chi connectivity index (χ1n) is 8.90. The second-order valence-electron chi connectivity index (χ2n) is 6.19. The largest absolute Gasteiger partial charge is 0.486 e. The summed E-state index contributed by atoms with van der Waals surface area (Å²) in [6.07, 6.45) is 0.900. The van der Waals surface area contributed by atoms with E-state index in [-0.39, 0.29) is 0 Å². The average molecular weight is 382 g/mol. The molecule has 3 rings (SSSR count). The third kappa shape index (κ3) is 5.62. The molecule has 0 fully saturated rings. The fourth-order valence-electron chi connectivity index (χ4n) is 2.37. The van der Waals surface area contributed by atoms with E-state index in [2.05, 4.69) is 41.3 Å². The van der Waals surface area contributed by atoms with E-state index >= 15 is 0 Å². The molecule has 1 aromatic heterocycles. The Hall–Kier alpha value is -2.73. The van der Waals surface area contributed by atoms with Crippen molar-refractivity contribution in [2.75, 3.05) is 0 Å². The zero-order valence-electron chi connectivity index (χ0n) is 15.8. The van der Waals surface area contributed by atoms with Gasteiger partial charge in [-0.2, -0.15) is 0 Å². The molecule has 0 N–H and O–H groups in total. The lowest BCUT2D eigenvalue weighted by atomic mass is 10.1. The Balaban J connectivity index is 1.51. The molecule has 0 atom stereocenters. The predicted octanol–water partition coefficient (Wildman–Crippen LogP) is 4.93. The molecule has 0 aliphatic carbocycles. The van der Waals surface area contributed by atoms with Crippen LogP contribution in [-0.2, 0) is 24.5 Å². The van der Waals surface area contributed by atoms with Crippen molar-refractivity contribution < 1.29 is 9.57 Å². The van der Waals surface area contributed by atoms with E-state index in [1.807, 2.05) is 43.3 Å². The molecule has 0 aliphatic rings. The van der Waals surface area contributed by atoms with E-state index in [4.69, 9.17) is 9.57 Å². The van der Waals surface area contributed by atoms with Crippen molar-refractivity contribution in [2.45, 2.75) is 40.4 Å². The minimum atomic E-state index is 0.434. The normalized spacial score (nSPS) is 11.4. The number of rotatable bonds is 8. The van der Waals surface area contributed by atoms with Crippen LogP contribution < -0.4 is 4.74 Å². The summed E-state index contributed by atoms with van der Waals surface area (Å²) in [4.78, 5) is 5.47. The molecular formula is C21H23N3O2S. The molecule has 140 valence electrons. The van der Waals surface area contributed by atoms with Gasteiger partial charge in [-0.05, 0) is 55.7 Å². The van der Waals surface area contributed by atoms with Gasteiger partial charge in [-0.3, -0.25) is 0 Å². The SMILES string of the molecule is CCc1nnc(COc2ccc(/C(C)=N/OCc3ccc(C)cc3)cc2)s1. The first-order valence-corrected chi connectivity index (χ1v) is 9.72. The number of hydrogen-bond acceptors (Lipinski definition) is 6. The van der Waals surface area contributed by atoms with Crippen LogP contribution >= 0.6 is 11.3 Å². The number of aryl methyl sites for hydroxylation is 2. The van der Waals surface area contributed by atoms with Crippen molar-refractivity contribution in [3.63, 3.8) is 0 Å². The van der Waals surface area contributed by atoms with E-state index in [0.29, 0.717) is 13.2 Å². The van der Waals surface area contributed by atoms with Crippen LogP contribution in [0.25, 0.3) is 0 Å².